The van der Waals surface area contributed by atoms with Gasteiger partial charge in [0.1, 0.15) is 12.8 Å². The molecule has 0 saturated carbocycles. The summed E-state index contributed by atoms with van der Waals surface area (Å²) in [7, 11) is 0. The van der Waals surface area contributed by atoms with E-state index in [2.05, 4.69) is 10.6 Å². The van der Waals surface area contributed by atoms with Crippen molar-refractivity contribution in [2.75, 3.05) is 6.73 Å². The summed E-state index contributed by atoms with van der Waals surface area (Å²) in [4.78, 5) is 21.5. The Morgan fingerprint density at radius 3 is 3.00 bits per heavy atom. The van der Waals surface area contributed by atoms with Crippen LogP contribution < -0.4 is 10.6 Å². The lowest BCUT2D eigenvalue weighted by atomic mass is 10.2. The number of rotatable bonds is 2. The maximum Gasteiger partial charge on any atom is 0.244 e. The highest BCUT2D eigenvalue weighted by molar-refractivity contribution is 5.90. The van der Waals surface area contributed by atoms with Crippen LogP contribution in [-0.2, 0) is 9.59 Å². The molecule has 5 nitrogen and oxygen atoms in total. The fourth-order valence-electron chi connectivity index (χ4n) is 1.01. The first-order valence-electron chi connectivity index (χ1n) is 3.42. The minimum Gasteiger partial charge on any atom is -0.376 e. The SMILES string of the molecule is O=C1CCC(C(=O)NCO)N1. The van der Waals surface area contributed by atoms with Gasteiger partial charge in [0.25, 0.3) is 0 Å². The molecule has 3 N–H and O–H groups in total. The Morgan fingerprint density at radius 1 is 1.82 bits per heavy atom. The summed E-state index contributed by atoms with van der Waals surface area (Å²) in [5.74, 6) is -0.429. The Morgan fingerprint density at radius 2 is 2.55 bits per heavy atom. The number of carbonyl (C=O) groups is 2. The van der Waals surface area contributed by atoms with Gasteiger partial charge in [0, 0.05) is 6.42 Å². The molecule has 1 heterocycles. The van der Waals surface area contributed by atoms with Gasteiger partial charge < -0.3 is 15.7 Å². The van der Waals surface area contributed by atoms with Gasteiger partial charge in [0.05, 0.1) is 0 Å². The maximum absolute atomic E-state index is 10.9. The van der Waals surface area contributed by atoms with Crippen molar-refractivity contribution < 1.29 is 14.7 Å². The van der Waals surface area contributed by atoms with Crippen LogP contribution in [0, 0.1) is 0 Å². The summed E-state index contributed by atoms with van der Waals surface area (Å²) in [5.41, 5.74) is 0. The van der Waals surface area contributed by atoms with Crippen molar-refractivity contribution in [2.24, 2.45) is 0 Å². The van der Waals surface area contributed by atoms with E-state index in [1.807, 2.05) is 0 Å². The van der Waals surface area contributed by atoms with Crippen LogP contribution in [0.25, 0.3) is 0 Å². The molecule has 62 valence electrons. The largest absolute Gasteiger partial charge is 0.376 e. The van der Waals surface area contributed by atoms with E-state index >= 15 is 0 Å². The zero-order valence-corrected chi connectivity index (χ0v) is 5.96. The van der Waals surface area contributed by atoms with Crippen molar-refractivity contribution in [3.05, 3.63) is 0 Å². The molecule has 1 fully saturated rings. The van der Waals surface area contributed by atoms with Crippen molar-refractivity contribution in [1.29, 1.82) is 0 Å². The maximum atomic E-state index is 10.9. The molecule has 1 aliphatic heterocycles. The van der Waals surface area contributed by atoms with Crippen LogP contribution in [0.4, 0.5) is 0 Å². The van der Waals surface area contributed by atoms with Crippen molar-refractivity contribution in [2.45, 2.75) is 18.9 Å². The van der Waals surface area contributed by atoms with E-state index in [0.717, 1.165) is 0 Å². The van der Waals surface area contributed by atoms with Crippen LogP contribution in [0.2, 0.25) is 0 Å². The van der Waals surface area contributed by atoms with Gasteiger partial charge in [0.2, 0.25) is 11.8 Å². The molecule has 1 unspecified atom stereocenters. The summed E-state index contributed by atoms with van der Waals surface area (Å²) in [5, 5.41) is 13.0. The van der Waals surface area contributed by atoms with E-state index in [9.17, 15) is 9.59 Å². The quantitative estimate of drug-likeness (QED) is 0.420. The minimum atomic E-state index is -0.449. The predicted octanol–water partition coefficient (Wildman–Crippen LogP) is -1.67. The molecular formula is C6H10N2O3. The summed E-state index contributed by atoms with van der Waals surface area (Å²) in [6, 6.07) is -0.449. The molecule has 0 bridgehead atoms. The molecule has 1 aliphatic rings. The molecule has 1 saturated heterocycles. The van der Waals surface area contributed by atoms with Gasteiger partial charge in [0.15, 0.2) is 0 Å². The van der Waals surface area contributed by atoms with Crippen LogP contribution in [-0.4, -0.2) is 29.7 Å². The molecule has 2 amide bonds. The third-order valence-corrected chi connectivity index (χ3v) is 1.57. The number of amides is 2. The number of carbonyl (C=O) groups excluding carboxylic acids is 2. The Hall–Kier alpha value is -1.10. The number of hydrogen-bond donors (Lipinski definition) is 3. The summed E-state index contributed by atoms with van der Waals surface area (Å²) < 4.78 is 0. The smallest absolute Gasteiger partial charge is 0.244 e. The van der Waals surface area contributed by atoms with Gasteiger partial charge in [-0.05, 0) is 6.42 Å². The van der Waals surface area contributed by atoms with Crippen molar-refractivity contribution >= 4 is 11.8 Å². The van der Waals surface area contributed by atoms with E-state index in [0.29, 0.717) is 12.8 Å². The van der Waals surface area contributed by atoms with Crippen LogP contribution in [0.5, 0.6) is 0 Å². The van der Waals surface area contributed by atoms with Crippen LogP contribution in [0.3, 0.4) is 0 Å². The molecule has 0 radical (unpaired) electrons. The van der Waals surface area contributed by atoms with Gasteiger partial charge in [-0.2, -0.15) is 0 Å². The molecule has 1 rings (SSSR count). The lowest BCUT2D eigenvalue weighted by molar-refractivity contribution is -0.126. The first-order chi connectivity index (χ1) is 5.24. The van der Waals surface area contributed by atoms with E-state index in [4.69, 9.17) is 5.11 Å². The summed E-state index contributed by atoms with van der Waals surface area (Å²) >= 11 is 0. The second-order valence-electron chi connectivity index (χ2n) is 2.36. The van der Waals surface area contributed by atoms with Gasteiger partial charge in [-0.25, -0.2) is 0 Å². The monoisotopic (exact) mass is 158 g/mol. The Labute approximate surface area is 63.8 Å². The highest BCUT2D eigenvalue weighted by Crippen LogP contribution is 2.05. The number of hydrogen-bond acceptors (Lipinski definition) is 3. The molecule has 1 atom stereocenters. The first kappa shape index (κ1) is 8.00. The lowest BCUT2D eigenvalue weighted by Crippen LogP contribution is -2.41. The molecular weight excluding hydrogens is 148 g/mol. The summed E-state index contributed by atoms with van der Waals surface area (Å²) in [6.45, 7) is -0.384. The van der Waals surface area contributed by atoms with Crippen molar-refractivity contribution in [3.63, 3.8) is 0 Å². The van der Waals surface area contributed by atoms with Crippen molar-refractivity contribution in [3.8, 4) is 0 Å². The molecule has 0 aromatic carbocycles. The highest BCUT2D eigenvalue weighted by Gasteiger charge is 2.26. The average Bonchev–Trinajstić information content (AvgIpc) is 2.36. The van der Waals surface area contributed by atoms with Gasteiger partial charge in [-0.3, -0.25) is 9.59 Å². The Bertz CT molecular complexity index is 181. The topological polar surface area (TPSA) is 78.4 Å². The second kappa shape index (κ2) is 3.34. The highest BCUT2D eigenvalue weighted by atomic mass is 16.3. The average molecular weight is 158 g/mol. The Kier molecular flexibility index (Phi) is 2.43. The van der Waals surface area contributed by atoms with Gasteiger partial charge in [-0.15, -0.1) is 0 Å². The number of aliphatic hydroxyl groups is 1. The summed E-state index contributed by atoms with van der Waals surface area (Å²) in [6.07, 6.45) is 0.911. The van der Waals surface area contributed by atoms with E-state index in [-0.39, 0.29) is 18.5 Å². The predicted molar refractivity (Wildman–Crippen MR) is 36.4 cm³/mol. The minimum absolute atomic E-state index is 0.108. The third-order valence-electron chi connectivity index (χ3n) is 1.57. The molecule has 0 aliphatic carbocycles. The van der Waals surface area contributed by atoms with E-state index in [1.165, 1.54) is 0 Å². The third kappa shape index (κ3) is 1.91. The molecule has 5 heteroatoms. The normalized spacial score (nSPS) is 23.0. The molecule has 0 aromatic heterocycles. The van der Waals surface area contributed by atoms with Gasteiger partial charge >= 0.3 is 0 Å². The fraction of sp³-hybridized carbons (Fsp3) is 0.667. The van der Waals surface area contributed by atoms with E-state index in [1.54, 1.807) is 0 Å². The fourth-order valence-corrected chi connectivity index (χ4v) is 1.01. The second-order valence-corrected chi connectivity index (χ2v) is 2.36. The lowest BCUT2D eigenvalue weighted by Gasteiger charge is -2.07. The van der Waals surface area contributed by atoms with Crippen LogP contribution in [0.15, 0.2) is 0 Å². The molecule has 11 heavy (non-hydrogen) atoms. The van der Waals surface area contributed by atoms with Crippen LogP contribution in [0.1, 0.15) is 12.8 Å². The zero-order chi connectivity index (χ0) is 8.27. The number of aliphatic hydroxyl groups excluding tert-OH is 1. The van der Waals surface area contributed by atoms with Crippen LogP contribution >= 0.6 is 0 Å². The zero-order valence-electron chi connectivity index (χ0n) is 5.96. The Balaban J connectivity index is 2.37. The van der Waals surface area contributed by atoms with E-state index < -0.39 is 6.04 Å². The first-order valence-corrected chi connectivity index (χ1v) is 3.42. The molecule has 0 spiro atoms. The van der Waals surface area contributed by atoms with Crippen molar-refractivity contribution in [1.82, 2.24) is 10.6 Å². The molecule has 0 aromatic rings. The standard InChI is InChI=1S/C6H10N2O3/c9-3-7-6(11)4-1-2-5(10)8-4/h4,9H,1-3H2,(H,7,11)(H,8,10). The van der Waals surface area contributed by atoms with Gasteiger partial charge in [-0.1, -0.05) is 0 Å². The number of nitrogens with one attached hydrogen (secondary N) is 2.